The van der Waals surface area contributed by atoms with E-state index in [1.54, 1.807) is 18.7 Å². The summed E-state index contributed by atoms with van der Waals surface area (Å²) in [6.45, 7) is 4.33. The minimum atomic E-state index is -0.926. The molecule has 0 bridgehead atoms. The molecule has 1 rings (SSSR count). The van der Waals surface area contributed by atoms with E-state index in [4.69, 9.17) is 5.11 Å². The zero-order chi connectivity index (χ0) is 13.7. The quantitative estimate of drug-likeness (QED) is 0.687. The Kier molecular flexibility index (Phi) is 7.40. The number of carboxylic acid groups (broad SMARTS) is 1. The predicted octanol–water partition coefficient (Wildman–Crippen LogP) is 0.191. The monoisotopic (exact) mass is 293 g/mol. The van der Waals surface area contributed by atoms with Crippen molar-refractivity contribution < 1.29 is 19.5 Å². The van der Waals surface area contributed by atoms with Crippen molar-refractivity contribution in [1.82, 2.24) is 15.5 Å². The number of carbonyl (C=O) groups excluding carboxylic acids is 2. The van der Waals surface area contributed by atoms with E-state index in [0.717, 1.165) is 6.42 Å². The second-order valence-electron chi connectivity index (χ2n) is 4.26. The Morgan fingerprint density at radius 1 is 1.42 bits per heavy atom. The summed E-state index contributed by atoms with van der Waals surface area (Å²) < 4.78 is 0. The highest BCUT2D eigenvalue weighted by atomic mass is 35.5. The molecule has 0 aromatic rings. The van der Waals surface area contributed by atoms with Crippen LogP contribution in [0.5, 0.6) is 0 Å². The third kappa shape index (κ3) is 4.68. The van der Waals surface area contributed by atoms with Gasteiger partial charge in [-0.05, 0) is 33.2 Å². The van der Waals surface area contributed by atoms with E-state index in [2.05, 4.69) is 10.6 Å². The van der Waals surface area contributed by atoms with Crippen LogP contribution >= 0.6 is 12.4 Å². The first-order chi connectivity index (χ1) is 8.47. The molecule has 1 saturated heterocycles. The molecular formula is C11H20ClN3O4. The number of hydrogen-bond donors (Lipinski definition) is 3. The Bertz CT molecular complexity index is 351. The lowest BCUT2D eigenvalue weighted by molar-refractivity contribution is -0.143. The number of nitrogens with one attached hydrogen (secondary N) is 2. The summed E-state index contributed by atoms with van der Waals surface area (Å²) in [4.78, 5) is 35.6. The first-order valence-electron chi connectivity index (χ1n) is 6.04. The third-order valence-corrected chi connectivity index (χ3v) is 3.03. The molecule has 1 aliphatic rings. The lowest BCUT2D eigenvalue weighted by atomic mass is 10.2. The normalized spacial score (nSPS) is 20.2. The van der Waals surface area contributed by atoms with Gasteiger partial charge in [-0.3, -0.25) is 19.8 Å². The number of nitrogens with zero attached hydrogens (tertiary/aromatic N) is 1. The molecule has 1 heterocycles. The molecule has 1 fully saturated rings. The molecule has 0 radical (unpaired) electrons. The van der Waals surface area contributed by atoms with Gasteiger partial charge in [-0.1, -0.05) is 0 Å². The van der Waals surface area contributed by atoms with E-state index in [1.165, 1.54) is 0 Å². The smallest absolute Gasteiger partial charge is 0.321 e. The number of carbonyl (C=O) groups is 3. The fraction of sp³-hybridized carbons (Fsp3) is 0.727. The molecule has 0 spiro atoms. The number of amides is 3. The van der Waals surface area contributed by atoms with E-state index in [1.807, 2.05) is 0 Å². The molecular weight excluding hydrogens is 274 g/mol. The fourth-order valence-corrected chi connectivity index (χ4v) is 2.09. The molecule has 19 heavy (non-hydrogen) atoms. The summed E-state index contributed by atoms with van der Waals surface area (Å²) in [5.41, 5.74) is 0. The van der Waals surface area contributed by atoms with Crippen molar-refractivity contribution in [3.63, 3.8) is 0 Å². The summed E-state index contributed by atoms with van der Waals surface area (Å²) >= 11 is 0. The number of halogens is 1. The highest BCUT2D eigenvalue weighted by Gasteiger charge is 2.36. The van der Waals surface area contributed by atoms with Gasteiger partial charge in [0.25, 0.3) is 0 Å². The number of imide groups is 1. The molecule has 0 saturated carbocycles. The van der Waals surface area contributed by atoms with Crippen LogP contribution in [0.25, 0.3) is 0 Å². The molecule has 3 amide bonds. The van der Waals surface area contributed by atoms with Gasteiger partial charge in [0.15, 0.2) is 0 Å². The average molecular weight is 294 g/mol. The Labute approximate surface area is 118 Å². The van der Waals surface area contributed by atoms with E-state index in [-0.39, 0.29) is 12.4 Å². The highest BCUT2D eigenvalue weighted by molar-refractivity contribution is 5.97. The first-order valence-corrected chi connectivity index (χ1v) is 6.04. The molecule has 3 N–H and O–H groups in total. The lowest BCUT2D eigenvalue weighted by Gasteiger charge is -2.26. The van der Waals surface area contributed by atoms with Crippen LogP contribution in [-0.4, -0.2) is 53.1 Å². The van der Waals surface area contributed by atoms with Crippen LogP contribution in [0.1, 0.15) is 26.7 Å². The van der Waals surface area contributed by atoms with Crippen LogP contribution in [-0.2, 0) is 9.59 Å². The van der Waals surface area contributed by atoms with Crippen molar-refractivity contribution in [2.45, 2.75) is 38.8 Å². The van der Waals surface area contributed by atoms with Crippen LogP contribution in [0.4, 0.5) is 4.79 Å². The summed E-state index contributed by atoms with van der Waals surface area (Å²) in [5.74, 6) is -1.40. The number of aliphatic carboxylic acids is 1. The highest BCUT2D eigenvalue weighted by Crippen LogP contribution is 2.20. The Balaban J connectivity index is 0.00000324. The minimum Gasteiger partial charge on any atom is -0.480 e. The van der Waals surface area contributed by atoms with Crippen molar-refractivity contribution in [1.29, 1.82) is 0 Å². The second-order valence-corrected chi connectivity index (χ2v) is 4.26. The van der Waals surface area contributed by atoms with E-state index < -0.39 is 30.0 Å². The summed E-state index contributed by atoms with van der Waals surface area (Å²) in [5, 5.41) is 13.7. The summed E-state index contributed by atoms with van der Waals surface area (Å²) in [6, 6.07) is -1.82. The van der Waals surface area contributed by atoms with Gasteiger partial charge in [-0.25, -0.2) is 4.79 Å². The van der Waals surface area contributed by atoms with E-state index in [0.29, 0.717) is 19.5 Å². The average Bonchev–Trinajstić information content (AvgIpc) is 2.76. The Hall–Kier alpha value is -1.34. The SMILES string of the molecule is CCNC(=O)NC(=O)C(C)N1CCCC1C(=O)O.Cl. The fourth-order valence-electron chi connectivity index (χ4n) is 2.09. The van der Waals surface area contributed by atoms with Gasteiger partial charge >= 0.3 is 12.0 Å². The van der Waals surface area contributed by atoms with Crippen molar-refractivity contribution >= 4 is 30.3 Å². The minimum absolute atomic E-state index is 0. The van der Waals surface area contributed by atoms with Gasteiger partial charge in [0.2, 0.25) is 5.91 Å². The number of rotatable bonds is 4. The van der Waals surface area contributed by atoms with Crippen LogP contribution in [0, 0.1) is 0 Å². The van der Waals surface area contributed by atoms with Gasteiger partial charge in [-0.2, -0.15) is 0 Å². The van der Waals surface area contributed by atoms with E-state index >= 15 is 0 Å². The maximum absolute atomic E-state index is 11.8. The molecule has 1 aliphatic heterocycles. The zero-order valence-corrected chi connectivity index (χ0v) is 11.8. The second kappa shape index (κ2) is 7.96. The van der Waals surface area contributed by atoms with Gasteiger partial charge in [0.1, 0.15) is 6.04 Å². The molecule has 7 nitrogen and oxygen atoms in total. The molecule has 0 aromatic heterocycles. The van der Waals surface area contributed by atoms with Crippen molar-refractivity contribution in [2.24, 2.45) is 0 Å². The van der Waals surface area contributed by atoms with E-state index in [9.17, 15) is 14.4 Å². The topological polar surface area (TPSA) is 98.7 Å². The lowest BCUT2D eigenvalue weighted by Crippen LogP contribution is -2.52. The summed E-state index contributed by atoms with van der Waals surface area (Å²) in [6.07, 6.45) is 1.28. The number of carboxylic acids is 1. The zero-order valence-electron chi connectivity index (χ0n) is 11.0. The van der Waals surface area contributed by atoms with Crippen molar-refractivity contribution in [2.75, 3.05) is 13.1 Å². The van der Waals surface area contributed by atoms with Gasteiger partial charge < -0.3 is 10.4 Å². The van der Waals surface area contributed by atoms with Crippen LogP contribution < -0.4 is 10.6 Å². The Morgan fingerprint density at radius 2 is 2.05 bits per heavy atom. The molecule has 0 aromatic carbocycles. The van der Waals surface area contributed by atoms with Gasteiger partial charge in [0.05, 0.1) is 6.04 Å². The van der Waals surface area contributed by atoms with Crippen molar-refractivity contribution in [3.8, 4) is 0 Å². The molecule has 2 unspecified atom stereocenters. The Morgan fingerprint density at radius 3 is 2.58 bits per heavy atom. The largest absolute Gasteiger partial charge is 0.480 e. The first kappa shape index (κ1) is 17.7. The van der Waals surface area contributed by atoms with Crippen LogP contribution in [0.2, 0.25) is 0 Å². The third-order valence-electron chi connectivity index (χ3n) is 3.03. The maximum Gasteiger partial charge on any atom is 0.321 e. The summed E-state index contributed by atoms with van der Waals surface area (Å²) in [7, 11) is 0. The van der Waals surface area contributed by atoms with Gasteiger partial charge in [0, 0.05) is 6.54 Å². The predicted molar refractivity (Wildman–Crippen MR) is 71.3 cm³/mol. The van der Waals surface area contributed by atoms with Crippen molar-refractivity contribution in [3.05, 3.63) is 0 Å². The standard InChI is InChI=1S/C11H19N3O4.ClH/c1-3-12-11(18)13-9(15)7(2)14-6-4-5-8(14)10(16)17;/h7-8H,3-6H2,1-2H3,(H,16,17)(H2,12,13,15,18);1H. The molecule has 0 aliphatic carbocycles. The maximum atomic E-state index is 11.8. The number of hydrogen-bond acceptors (Lipinski definition) is 4. The molecule has 2 atom stereocenters. The van der Waals surface area contributed by atoms with Crippen LogP contribution in [0.3, 0.4) is 0 Å². The number of likely N-dealkylation sites (tertiary alicyclic amines) is 1. The molecule has 8 heteroatoms. The van der Waals surface area contributed by atoms with Gasteiger partial charge in [-0.15, -0.1) is 12.4 Å². The molecule has 110 valence electrons. The van der Waals surface area contributed by atoms with Crippen LogP contribution in [0.15, 0.2) is 0 Å². The number of urea groups is 1.